The van der Waals surface area contributed by atoms with Gasteiger partial charge in [0.15, 0.2) is 11.5 Å². The molecule has 27 heavy (non-hydrogen) atoms. The lowest BCUT2D eigenvalue weighted by Gasteiger charge is -2.10. The summed E-state index contributed by atoms with van der Waals surface area (Å²) in [5.74, 6) is 1.35. The molecule has 0 spiro atoms. The molecule has 4 rings (SSSR count). The van der Waals surface area contributed by atoms with Gasteiger partial charge in [-0.2, -0.15) is 5.10 Å². The van der Waals surface area contributed by atoms with Gasteiger partial charge in [-0.05, 0) is 36.2 Å². The van der Waals surface area contributed by atoms with E-state index in [0.717, 1.165) is 23.4 Å². The number of ether oxygens (including phenoxy) is 2. The van der Waals surface area contributed by atoms with E-state index < -0.39 is 0 Å². The van der Waals surface area contributed by atoms with Crippen molar-refractivity contribution in [2.24, 2.45) is 0 Å². The van der Waals surface area contributed by atoms with Crippen molar-refractivity contribution in [2.75, 3.05) is 18.5 Å². The van der Waals surface area contributed by atoms with E-state index in [1.165, 1.54) is 0 Å². The third-order valence-electron chi connectivity index (χ3n) is 4.33. The average molecular weight is 363 g/mol. The number of benzene rings is 2. The lowest BCUT2D eigenvalue weighted by Crippen LogP contribution is -2.12. The van der Waals surface area contributed by atoms with Crippen molar-refractivity contribution in [1.82, 2.24) is 9.78 Å². The zero-order chi connectivity index (χ0) is 18.5. The molecule has 0 saturated heterocycles. The van der Waals surface area contributed by atoms with Crippen LogP contribution in [0.25, 0.3) is 5.69 Å². The van der Waals surface area contributed by atoms with Crippen LogP contribution in [0.15, 0.2) is 60.9 Å². The van der Waals surface area contributed by atoms with Crippen molar-refractivity contribution < 1.29 is 14.3 Å². The number of anilines is 1. The molecule has 1 aromatic heterocycles. The molecule has 1 aliphatic rings. The zero-order valence-corrected chi connectivity index (χ0v) is 14.9. The topological polar surface area (TPSA) is 65.4 Å². The Morgan fingerprint density at radius 3 is 2.74 bits per heavy atom. The molecule has 0 fully saturated rings. The predicted molar refractivity (Wildman–Crippen MR) is 103 cm³/mol. The van der Waals surface area contributed by atoms with E-state index in [0.29, 0.717) is 37.5 Å². The molecule has 1 N–H and O–H groups in total. The summed E-state index contributed by atoms with van der Waals surface area (Å²) in [5, 5.41) is 7.28. The highest BCUT2D eigenvalue weighted by Crippen LogP contribution is 2.32. The number of hydrogen-bond donors (Lipinski definition) is 1. The quantitative estimate of drug-likeness (QED) is 0.752. The highest BCUT2D eigenvalue weighted by Gasteiger charge is 2.12. The first-order valence-corrected chi connectivity index (χ1v) is 9.06. The number of aromatic nitrogens is 2. The second kappa shape index (κ2) is 7.95. The number of carbonyl (C=O) groups is 1. The number of nitrogens with one attached hydrogen (secondary N) is 1. The third-order valence-corrected chi connectivity index (χ3v) is 4.33. The summed E-state index contributed by atoms with van der Waals surface area (Å²) in [7, 11) is 0. The molecule has 0 bridgehead atoms. The maximum atomic E-state index is 12.3. The van der Waals surface area contributed by atoms with E-state index in [-0.39, 0.29) is 5.91 Å². The van der Waals surface area contributed by atoms with Gasteiger partial charge in [-0.15, -0.1) is 0 Å². The molecule has 2 heterocycles. The maximum absolute atomic E-state index is 12.3. The molecule has 0 atom stereocenters. The first kappa shape index (κ1) is 17.1. The van der Waals surface area contributed by atoms with Crippen LogP contribution in [-0.2, 0) is 11.2 Å². The van der Waals surface area contributed by atoms with E-state index in [1.807, 2.05) is 59.4 Å². The number of hydrogen-bond acceptors (Lipinski definition) is 4. The summed E-state index contributed by atoms with van der Waals surface area (Å²) in [6, 6.07) is 15.4. The molecule has 0 aliphatic carbocycles. The fourth-order valence-electron chi connectivity index (χ4n) is 2.93. The largest absolute Gasteiger partial charge is 0.490 e. The molecule has 0 unspecified atom stereocenters. The van der Waals surface area contributed by atoms with Crippen molar-refractivity contribution in [2.45, 2.75) is 19.3 Å². The van der Waals surface area contributed by atoms with Gasteiger partial charge in [0, 0.05) is 30.8 Å². The van der Waals surface area contributed by atoms with E-state index in [9.17, 15) is 4.79 Å². The standard InChI is InChI=1S/C21H21N3O3/c25-21(23-17-8-9-19-20(13-17)27-12-4-11-26-19)10-7-16-14-22-24(15-16)18-5-2-1-3-6-18/h1-3,5-6,8-9,13-15H,4,7,10-12H2,(H,23,25). The number of para-hydroxylation sites is 1. The Bertz CT molecular complexity index is 921. The van der Waals surface area contributed by atoms with Gasteiger partial charge in [-0.3, -0.25) is 4.79 Å². The second-order valence-corrected chi connectivity index (χ2v) is 6.39. The molecule has 6 heteroatoms. The summed E-state index contributed by atoms with van der Waals surface area (Å²) in [4.78, 5) is 12.3. The van der Waals surface area contributed by atoms with Gasteiger partial charge in [0.2, 0.25) is 5.91 Å². The van der Waals surface area contributed by atoms with Crippen LogP contribution in [0.5, 0.6) is 11.5 Å². The van der Waals surface area contributed by atoms with Crippen LogP contribution in [-0.4, -0.2) is 28.9 Å². The molecule has 1 amide bonds. The molecular weight excluding hydrogens is 342 g/mol. The fourth-order valence-corrected chi connectivity index (χ4v) is 2.93. The van der Waals surface area contributed by atoms with Crippen molar-refractivity contribution in [3.8, 4) is 17.2 Å². The lowest BCUT2D eigenvalue weighted by molar-refractivity contribution is -0.116. The van der Waals surface area contributed by atoms with Gasteiger partial charge < -0.3 is 14.8 Å². The molecule has 0 radical (unpaired) electrons. The van der Waals surface area contributed by atoms with E-state index in [2.05, 4.69) is 10.4 Å². The van der Waals surface area contributed by atoms with Gasteiger partial charge >= 0.3 is 0 Å². The summed E-state index contributed by atoms with van der Waals surface area (Å²) >= 11 is 0. The average Bonchev–Trinajstić information content (AvgIpc) is 3.05. The normalized spacial score (nSPS) is 13.0. The van der Waals surface area contributed by atoms with Crippen molar-refractivity contribution >= 4 is 11.6 Å². The summed E-state index contributed by atoms with van der Waals surface area (Å²) in [5.41, 5.74) is 2.73. The smallest absolute Gasteiger partial charge is 0.224 e. The summed E-state index contributed by atoms with van der Waals surface area (Å²) in [6.07, 6.45) is 5.62. The Balaban J connectivity index is 1.34. The minimum absolute atomic E-state index is 0.0445. The Hall–Kier alpha value is -3.28. The van der Waals surface area contributed by atoms with Gasteiger partial charge in [0.1, 0.15) is 0 Å². The lowest BCUT2D eigenvalue weighted by atomic mass is 10.2. The SMILES string of the molecule is O=C(CCc1cnn(-c2ccccc2)c1)Nc1ccc2c(c1)OCCCO2. The molecule has 138 valence electrons. The first-order valence-electron chi connectivity index (χ1n) is 9.06. The van der Waals surface area contributed by atoms with E-state index in [4.69, 9.17) is 9.47 Å². The first-order chi connectivity index (χ1) is 13.3. The van der Waals surface area contributed by atoms with Crippen molar-refractivity contribution in [1.29, 1.82) is 0 Å². The number of fused-ring (bicyclic) bond motifs is 1. The Morgan fingerprint density at radius 1 is 1.07 bits per heavy atom. The van der Waals surface area contributed by atoms with Crippen LogP contribution in [0, 0.1) is 0 Å². The van der Waals surface area contributed by atoms with E-state index in [1.54, 1.807) is 6.20 Å². The minimum Gasteiger partial charge on any atom is -0.490 e. The van der Waals surface area contributed by atoms with Gasteiger partial charge in [0.05, 0.1) is 25.1 Å². The monoisotopic (exact) mass is 363 g/mol. The zero-order valence-electron chi connectivity index (χ0n) is 14.9. The molecule has 1 aliphatic heterocycles. The molecule has 3 aromatic rings. The van der Waals surface area contributed by atoms with Crippen LogP contribution in [0.1, 0.15) is 18.4 Å². The van der Waals surface area contributed by atoms with Crippen LogP contribution in [0.3, 0.4) is 0 Å². The summed E-state index contributed by atoms with van der Waals surface area (Å²) < 4.78 is 13.1. The number of aryl methyl sites for hydroxylation is 1. The summed E-state index contributed by atoms with van der Waals surface area (Å²) in [6.45, 7) is 1.27. The van der Waals surface area contributed by atoms with Crippen LogP contribution < -0.4 is 14.8 Å². The van der Waals surface area contributed by atoms with Gasteiger partial charge in [-0.1, -0.05) is 18.2 Å². The Kier molecular flexibility index (Phi) is 5.05. The van der Waals surface area contributed by atoms with Gasteiger partial charge in [-0.25, -0.2) is 4.68 Å². The number of nitrogens with zero attached hydrogens (tertiary/aromatic N) is 2. The molecule has 6 nitrogen and oxygen atoms in total. The second-order valence-electron chi connectivity index (χ2n) is 6.39. The van der Waals surface area contributed by atoms with Gasteiger partial charge in [0.25, 0.3) is 0 Å². The molecule has 0 saturated carbocycles. The van der Waals surface area contributed by atoms with Crippen molar-refractivity contribution in [3.05, 3.63) is 66.5 Å². The van der Waals surface area contributed by atoms with E-state index >= 15 is 0 Å². The fraction of sp³-hybridized carbons (Fsp3) is 0.238. The predicted octanol–water partition coefficient (Wildman–Crippen LogP) is 3.60. The Labute approximate surface area is 157 Å². The van der Waals surface area contributed by atoms with Crippen LogP contribution in [0.2, 0.25) is 0 Å². The number of rotatable bonds is 5. The number of amides is 1. The highest BCUT2D eigenvalue weighted by molar-refractivity contribution is 5.91. The number of carbonyl (C=O) groups excluding carboxylic acids is 1. The third kappa shape index (κ3) is 4.28. The minimum atomic E-state index is -0.0445. The molecule has 2 aromatic carbocycles. The van der Waals surface area contributed by atoms with Crippen molar-refractivity contribution in [3.63, 3.8) is 0 Å². The maximum Gasteiger partial charge on any atom is 0.224 e. The Morgan fingerprint density at radius 2 is 1.89 bits per heavy atom. The highest BCUT2D eigenvalue weighted by atomic mass is 16.5. The molecular formula is C21H21N3O3. The van der Waals surface area contributed by atoms with Crippen LogP contribution >= 0.6 is 0 Å². The van der Waals surface area contributed by atoms with Crippen LogP contribution in [0.4, 0.5) is 5.69 Å².